The summed E-state index contributed by atoms with van der Waals surface area (Å²) in [6.07, 6.45) is 0. The van der Waals surface area contributed by atoms with Crippen molar-refractivity contribution >= 4 is 33.8 Å². The summed E-state index contributed by atoms with van der Waals surface area (Å²) in [5, 5.41) is 6.49. The summed E-state index contributed by atoms with van der Waals surface area (Å²) in [5.41, 5.74) is 2.28. The number of amides is 1. The van der Waals surface area contributed by atoms with Gasteiger partial charge in [-0.2, -0.15) is 0 Å². The molecular weight excluding hydrogens is 298 g/mol. The smallest absolute Gasteiger partial charge is 0.248 e. The zero-order valence-electron chi connectivity index (χ0n) is 13.1. The van der Waals surface area contributed by atoms with Crippen molar-refractivity contribution < 1.29 is 9.59 Å². The molecule has 1 amide bonds. The molecular formula is C16H19N3O2S. The van der Waals surface area contributed by atoms with Crippen LogP contribution in [0.25, 0.3) is 0 Å². The zero-order valence-corrected chi connectivity index (χ0v) is 13.9. The number of aromatic nitrogens is 1. The fourth-order valence-corrected chi connectivity index (χ4v) is 2.70. The molecule has 2 aromatic rings. The van der Waals surface area contributed by atoms with E-state index < -0.39 is 6.04 Å². The van der Waals surface area contributed by atoms with E-state index in [1.54, 1.807) is 25.1 Å². The van der Waals surface area contributed by atoms with Gasteiger partial charge in [0.1, 0.15) is 6.04 Å². The van der Waals surface area contributed by atoms with Crippen LogP contribution in [-0.2, 0) is 4.79 Å². The highest BCUT2D eigenvalue weighted by Gasteiger charge is 2.15. The number of hydrogen-bond donors (Lipinski definition) is 2. The summed E-state index contributed by atoms with van der Waals surface area (Å²) in [5.74, 6) is -0.170. The monoisotopic (exact) mass is 317 g/mol. The highest BCUT2D eigenvalue weighted by molar-refractivity contribution is 7.15. The lowest BCUT2D eigenvalue weighted by atomic mass is 10.1. The Balaban J connectivity index is 2.02. The van der Waals surface area contributed by atoms with Crippen LogP contribution in [-0.4, -0.2) is 22.7 Å². The Morgan fingerprint density at radius 1 is 1.27 bits per heavy atom. The van der Waals surface area contributed by atoms with Gasteiger partial charge < -0.3 is 10.6 Å². The van der Waals surface area contributed by atoms with Crippen molar-refractivity contribution in [3.8, 4) is 0 Å². The van der Waals surface area contributed by atoms with Gasteiger partial charge >= 0.3 is 0 Å². The molecule has 116 valence electrons. The Kier molecular flexibility index (Phi) is 4.92. The topological polar surface area (TPSA) is 71.1 Å². The lowest BCUT2D eigenvalue weighted by molar-refractivity contribution is -0.116. The lowest BCUT2D eigenvalue weighted by Crippen LogP contribution is -2.31. The average Bonchev–Trinajstić information content (AvgIpc) is 2.77. The minimum Gasteiger partial charge on any atom is -0.374 e. The number of anilines is 2. The van der Waals surface area contributed by atoms with E-state index in [4.69, 9.17) is 0 Å². The average molecular weight is 317 g/mol. The molecule has 1 atom stereocenters. The molecule has 0 saturated carbocycles. The molecule has 1 aromatic carbocycles. The van der Waals surface area contributed by atoms with Crippen molar-refractivity contribution in [2.24, 2.45) is 0 Å². The van der Waals surface area contributed by atoms with E-state index in [1.165, 1.54) is 18.3 Å². The van der Waals surface area contributed by atoms with Gasteiger partial charge in [-0.3, -0.25) is 9.59 Å². The van der Waals surface area contributed by atoms with E-state index in [0.29, 0.717) is 10.7 Å². The number of nitrogens with zero attached hydrogens (tertiary/aromatic N) is 1. The van der Waals surface area contributed by atoms with Gasteiger partial charge in [-0.15, -0.1) is 11.3 Å². The first-order valence-corrected chi connectivity index (χ1v) is 7.81. The van der Waals surface area contributed by atoms with Crippen LogP contribution < -0.4 is 10.6 Å². The Labute approximate surface area is 133 Å². The first kappa shape index (κ1) is 16.2. The zero-order chi connectivity index (χ0) is 16.3. The number of ketones is 1. The molecule has 0 spiro atoms. The molecule has 1 unspecified atom stereocenters. The Morgan fingerprint density at radius 2 is 2.00 bits per heavy atom. The number of hydrogen-bond acceptors (Lipinski definition) is 5. The molecule has 2 rings (SSSR count). The third-order valence-electron chi connectivity index (χ3n) is 3.30. The van der Waals surface area contributed by atoms with E-state index in [2.05, 4.69) is 15.6 Å². The molecule has 0 aliphatic carbocycles. The Hall–Kier alpha value is -2.21. The highest BCUT2D eigenvalue weighted by atomic mass is 32.1. The van der Waals surface area contributed by atoms with E-state index in [-0.39, 0.29) is 11.7 Å². The molecule has 0 saturated heterocycles. The van der Waals surface area contributed by atoms with E-state index in [1.807, 2.05) is 19.9 Å². The van der Waals surface area contributed by atoms with Gasteiger partial charge in [-0.1, -0.05) is 12.1 Å². The van der Waals surface area contributed by atoms with Crippen molar-refractivity contribution in [1.29, 1.82) is 0 Å². The molecule has 22 heavy (non-hydrogen) atoms. The molecule has 6 heteroatoms. The maximum absolute atomic E-state index is 12.2. The predicted molar refractivity (Wildman–Crippen MR) is 89.7 cm³/mol. The third kappa shape index (κ3) is 3.92. The molecule has 0 aliphatic heterocycles. The molecule has 0 radical (unpaired) electrons. The fraction of sp³-hybridized carbons (Fsp3) is 0.312. The van der Waals surface area contributed by atoms with Crippen LogP contribution in [0.15, 0.2) is 24.3 Å². The molecule has 2 N–H and O–H groups in total. The quantitative estimate of drug-likeness (QED) is 0.829. The van der Waals surface area contributed by atoms with Crippen LogP contribution >= 0.6 is 11.3 Å². The van der Waals surface area contributed by atoms with Crippen LogP contribution in [0.5, 0.6) is 0 Å². The second kappa shape index (κ2) is 6.70. The van der Waals surface area contributed by atoms with Gasteiger partial charge in [0.2, 0.25) is 5.91 Å². The van der Waals surface area contributed by atoms with Gasteiger partial charge in [-0.05, 0) is 39.8 Å². The summed E-state index contributed by atoms with van der Waals surface area (Å²) < 4.78 is 0. The summed E-state index contributed by atoms with van der Waals surface area (Å²) in [7, 11) is 0. The molecule has 1 aromatic heterocycles. The third-order valence-corrected chi connectivity index (χ3v) is 4.29. The van der Waals surface area contributed by atoms with Crippen molar-refractivity contribution in [2.45, 2.75) is 33.7 Å². The van der Waals surface area contributed by atoms with Crippen molar-refractivity contribution in [3.05, 3.63) is 40.4 Å². The summed E-state index contributed by atoms with van der Waals surface area (Å²) >= 11 is 1.46. The second-order valence-corrected chi connectivity index (χ2v) is 6.36. The van der Waals surface area contributed by atoms with Gasteiger partial charge in [0.05, 0.1) is 5.69 Å². The maximum Gasteiger partial charge on any atom is 0.248 e. The number of carbonyl (C=O) groups is 2. The fourth-order valence-electron chi connectivity index (χ4n) is 1.88. The normalized spacial score (nSPS) is 11.8. The SMILES string of the molecule is CC(=O)c1cccc(NC(C)C(=O)Nc2nc(C)c(C)s2)c1. The summed E-state index contributed by atoms with van der Waals surface area (Å²) in [4.78, 5) is 28.9. The molecule has 0 aliphatic rings. The van der Waals surface area contributed by atoms with Crippen LogP contribution in [0.1, 0.15) is 34.8 Å². The summed E-state index contributed by atoms with van der Waals surface area (Å²) in [6, 6.07) is 6.67. The van der Waals surface area contributed by atoms with E-state index in [0.717, 1.165) is 16.3 Å². The number of thiazole rings is 1. The number of rotatable bonds is 5. The molecule has 1 heterocycles. The first-order valence-electron chi connectivity index (χ1n) is 6.99. The van der Waals surface area contributed by atoms with E-state index in [9.17, 15) is 9.59 Å². The van der Waals surface area contributed by atoms with Gasteiger partial charge in [-0.25, -0.2) is 4.98 Å². The molecule has 5 nitrogen and oxygen atoms in total. The van der Waals surface area contributed by atoms with Crippen LogP contribution in [0.2, 0.25) is 0 Å². The number of aryl methyl sites for hydroxylation is 2. The van der Waals surface area contributed by atoms with Crippen molar-refractivity contribution in [3.63, 3.8) is 0 Å². The first-order chi connectivity index (χ1) is 10.4. The van der Waals surface area contributed by atoms with Crippen LogP contribution in [0.3, 0.4) is 0 Å². The number of nitrogens with one attached hydrogen (secondary N) is 2. The van der Waals surface area contributed by atoms with Crippen LogP contribution in [0, 0.1) is 13.8 Å². The van der Waals surface area contributed by atoms with Gasteiger partial charge in [0, 0.05) is 16.1 Å². The molecule has 0 fully saturated rings. The Bertz CT molecular complexity index is 690. The number of carbonyl (C=O) groups excluding carboxylic acids is 2. The van der Waals surface area contributed by atoms with Crippen molar-refractivity contribution in [2.75, 3.05) is 10.6 Å². The number of benzene rings is 1. The number of Topliss-reactive ketones (excluding diaryl/α,β-unsaturated/α-hetero) is 1. The largest absolute Gasteiger partial charge is 0.374 e. The standard InChI is InChI=1S/C16H19N3O2S/c1-9-12(4)22-16(18-9)19-15(21)10(2)17-14-7-5-6-13(8-14)11(3)20/h5-8,10,17H,1-4H3,(H,18,19,21). The van der Waals surface area contributed by atoms with Crippen molar-refractivity contribution in [1.82, 2.24) is 4.98 Å². The highest BCUT2D eigenvalue weighted by Crippen LogP contribution is 2.21. The lowest BCUT2D eigenvalue weighted by Gasteiger charge is -2.14. The molecule has 0 bridgehead atoms. The minimum atomic E-state index is -0.438. The van der Waals surface area contributed by atoms with Crippen LogP contribution in [0.4, 0.5) is 10.8 Å². The van der Waals surface area contributed by atoms with Gasteiger partial charge in [0.15, 0.2) is 10.9 Å². The maximum atomic E-state index is 12.2. The summed E-state index contributed by atoms with van der Waals surface area (Å²) in [6.45, 7) is 7.17. The van der Waals surface area contributed by atoms with E-state index >= 15 is 0 Å². The van der Waals surface area contributed by atoms with Gasteiger partial charge in [0.25, 0.3) is 0 Å². The second-order valence-electron chi connectivity index (χ2n) is 5.15. The Morgan fingerprint density at radius 3 is 2.59 bits per heavy atom. The predicted octanol–water partition coefficient (Wildman–Crippen LogP) is 3.40. The minimum absolute atomic E-state index is 0.00510.